The van der Waals surface area contributed by atoms with E-state index in [0.717, 1.165) is 19.6 Å². The molecule has 0 aromatic heterocycles. The van der Waals surface area contributed by atoms with Crippen LogP contribution in [0.5, 0.6) is 0 Å². The number of rotatable bonds is 3. The first-order valence-electron chi connectivity index (χ1n) is 7.47. The summed E-state index contributed by atoms with van der Waals surface area (Å²) in [6.07, 6.45) is 1.21. The highest BCUT2D eigenvalue weighted by molar-refractivity contribution is 5.37. The van der Waals surface area contributed by atoms with Crippen molar-refractivity contribution < 1.29 is 9.13 Å². The van der Waals surface area contributed by atoms with Crippen LogP contribution in [0, 0.1) is 17.7 Å². The van der Waals surface area contributed by atoms with Crippen LogP contribution in [0.15, 0.2) is 18.2 Å². The molecule has 0 radical (unpaired) electrons. The van der Waals surface area contributed by atoms with Crippen molar-refractivity contribution in [2.75, 3.05) is 19.7 Å². The minimum atomic E-state index is -0.201. The number of hydrogen-bond acceptors (Lipinski definition) is 3. The van der Waals surface area contributed by atoms with Crippen LogP contribution in [0.3, 0.4) is 0 Å². The molecular formula is C17H23FN2O. The number of ether oxygens (including phenoxy) is 1. The topological polar surface area (TPSA) is 38.5 Å². The van der Waals surface area contributed by atoms with Gasteiger partial charge in [0.25, 0.3) is 0 Å². The van der Waals surface area contributed by atoms with Crippen LogP contribution in [-0.4, -0.2) is 36.7 Å². The van der Waals surface area contributed by atoms with Gasteiger partial charge in [-0.3, -0.25) is 4.90 Å². The third kappa shape index (κ3) is 4.28. The molecule has 0 aliphatic carbocycles. The minimum Gasteiger partial charge on any atom is -0.376 e. The van der Waals surface area contributed by atoms with Gasteiger partial charge >= 0.3 is 0 Å². The Kier molecular flexibility index (Phi) is 5.75. The van der Waals surface area contributed by atoms with Gasteiger partial charge in [-0.25, -0.2) is 4.39 Å². The average molecular weight is 290 g/mol. The second kappa shape index (κ2) is 7.56. The summed E-state index contributed by atoms with van der Waals surface area (Å²) in [6, 6.07) is 5.52. The molecule has 0 spiro atoms. The van der Waals surface area contributed by atoms with Crippen LogP contribution in [0.1, 0.15) is 31.4 Å². The minimum absolute atomic E-state index is 0.200. The molecule has 1 aliphatic rings. The largest absolute Gasteiger partial charge is 0.376 e. The Morgan fingerprint density at radius 3 is 2.95 bits per heavy atom. The van der Waals surface area contributed by atoms with Crippen molar-refractivity contribution in [1.82, 2.24) is 4.90 Å². The van der Waals surface area contributed by atoms with Crippen LogP contribution in [-0.2, 0) is 11.3 Å². The Labute approximate surface area is 126 Å². The summed E-state index contributed by atoms with van der Waals surface area (Å²) in [5.74, 6) is 5.39. The molecule has 3 nitrogen and oxygen atoms in total. The normalized spacial score (nSPS) is 22.7. The highest BCUT2D eigenvalue weighted by atomic mass is 19.1. The van der Waals surface area contributed by atoms with Gasteiger partial charge in [-0.1, -0.05) is 24.8 Å². The zero-order valence-corrected chi connectivity index (χ0v) is 12.7. The van der Waals surface area contributed by atoms with E-state index in [4.69, 9.17) is 10.5 Å². The van der Waals surface area contributed by atoms with Crippen molar-refractivity contribution in [3.05, 3.63) is 35.1 Å². The molecule has 0 bridgehead atoms. The van der Waals surface area contributed by atoms with Gasteiger partial charge in [0, 0.05) is 30.3 Å². The molecule has 21 heavy (non-hydrogen) atoms. The first-order chi connectivity index (χ1) is 10.1. The Balaban J connectivity index is 2.11. The van der Waals surface area contributed by atoms with Gasteiger partial charge in [-0.15, -0.1) is 0 Å². The van der Waals surface area contributed by atoms with Crippen molar-refractivity contribution in [2.24, 2.45) is 5.73 Å². The quantitative estimate of drug-likeness (QED) is 0.867. The van der Waals surface area contributed by atoms with E-state index in [1.165, 1.54) is 6.07 Å². The second-order valence-electron chi connectivity index (χ2n) is 5.45. The highest BCUT2D eigenvalue weighted by Crippen LogP contribution is 2.19. The molecule has 1 heterocycles. The van der Waals surface area contributed by atoms with Crippen LogP contribution < -0.4 is 5.73 Å². The molecule has 2 rings (SSSR count). The number of hydrogen-bond donors (Lipinski definition) is 1. The molecule has 2 atom stereocenters. The SMILES string of the molecule is CCC1COC(C)CN1Cc1ccc(C#CCN)cc1F. The lowest BCUT2D eigenvalue weighted by Crippen LogP contribution is -2.48. The molecule has 1 aromatic carbocycles. The Morgan fingerprint density at radius 2 is 2.29 bits per heavy atom. The zero-order valence-electron chi connectivity index (χ0n) is 12.7. The van der Waals surface area contributed by atoms with Crippen LogP contribution >= 0.6 is 0 Å². The smallest absolute Gasteiger partial charge is 0.128 e. The van der Waals surface area contributed by atoms with Crippen molar-refractivity contribution in [3.8, 4) is 11.8 Å². The van der Waals surface area contributed by atoms with Crippen molar-refractivity contribution in [3.63, 3.8) is 0 Å². The number of nitrogens with zero attached hydrogens (tertiary/aromatic N) is 1. The summed E-state index contributed by atoms with van der Waals surface area (Å²) < 4.78 is 19.9. The number of nitrogens with two attached hydrogens (primary N) is 1. The molecule has 114 valence electrons. The van der Waals surface area contributed by atoms with Gasteiger partial charge < -0.3 is 10.5 Å². The summed E-state index contributed by atoms with van der Waals surface area (Å²) in [4.78, 5) is 2.30. The summed E-state index contributed by atoms with van der Waals surface area (Å²) in [7, 11) is 0. The maximum atomic E-state index is 14.2. The first-order valence-corrected chi connectivity index (χ1v) is 7.47. The Bertz CT molecular complexity index is 535. The molecule has 0 saturated carbocycles. The van der Waals surface area contributed by atoms with Crippen LogP contribution in [0.2, 0.25) is 0 Å². The van der Waals surface area contributed by atoms with Gasteiger partial charge in [0.15, 0.2) is 0 Å². The molecular weight excluding hydrogens is 267 g/mol. The lowest BCUT2D eigenvalue weighted by molar-refractivity contribution is -0.0595. The maximum absolute atomic E-state index is 14.2. The Hall–Kier alpha value is -1.41. The fourth-order valence-corrected chi connectivity index (χ4v) is 2.61. The van der Waals surface area contributed by atoms with E-state index in [0.29, 0.717) is 23.7 Å². The summed E-state index contributed by atoms with van der Waals surface area (Å²) >= 11 is 0. The second-order valence-corrected chi connectivity index (χ2v) is 5.45. The molecule has 0 amide bonds. The number of morpholine rings is 1. The third-order valence-corrected chi connectivity index (χ3v) is 3.81. The molecule has 2 unspecified atom stereocenters. The molecule has 1 saturated heterocycles. The van der Waals surface area contributed by atoms with Crippen LogP contribution in [0.4, 0.5) is 4.39 Å². The van der Waals surface area contributed by atoms with E-state index < -0.39 is 0 Å². The van der Waals surface area contributed by atoms with E-state index in [2.05, 4.69) is 30.6 Å². The number of benzene rings is 1. The molecule has 2 N–H and O–H groups in total. The third-order valence-electron chi connectivity index (χ3n) is 3.81. The van der Waals surface area contributed by atoms with E-state index >= 15 is 0 Å². The summed E-state index contributed by atoms with van der Waals surface area (Å²) in [6.45, 7) is 6.65. The van der Waals surface area contributed by atoms with Gasteiger partial charge in [0.2, 0.25) is 0 Å². The van der Waals surface area contributed by atoms with Crippen LogP contribution in [0.25, 0.3) is 0 Å². The maximum Gasteiger partial charge on any atom is 0.128 e. The monoisotopic (exact) mass is 290 g/mol. The van der Waals surface area contributed by atoms with Gasteiger partial charge in [0.05, 0.1) is 19.3 Å². The molecule has 4 heteroatoms. The van der Waals surface area contributed by atoms with E-state index in [-0.39, 0.29) is 18.5 Å². The van der Waals surface area contributed by atoms with E-state index in [1.54, 1.807) is 0 Å². The van der Waals surface area contributed by atoms with Gasteiger partial charge in [-0.2, -0.15) is 0 Å². The van der Waals surface area contributed by atoms with Crippen molar-refractivity contribution in [1.29, 1.82) is 0 Å². The summed E-state index contributed by atoms with van der Waals surface area (Å²) in [5.41, 5.74) is 6.71. The molecule has 1 aliphatic heterocycles. The fourth-order valence-electron chi connectivity index (χ4n) is 2.61. The lowest BCUT2D eigenvalue weighted by Gasteiger charge is -2.38. The number of halogens is 1. The van der Waals surface area contributed by atoms with Gasteiger partial charge in [0.1, 0.15) is 5.82 Å². The van der Waals surface area contributed by atoms with E-state index in [9.17, 15) is 4.39 Å². The van der Waals surface area contributed by atoms with Crippen molar-refractivity contribution in [2.45, 2.75) is 39.0 Å². The highest BCUT2D eigenvalue weighted by Gasteiger charge is 2.26. The van der Waals surface area contributed by atoms with Crippen molar-refractivity contribution >= 4 is 0 Å². The predicted octanol–water partition coefficient (Wildman–Crippen LogP) is 2.14. The lowest BCUT2D eigenvalue weighted by atomic mass is 10.1. The molecule has 1 fully saturated rings. The molecule has 1 aromatic rings. The van der Waals surface area contributed by atoms with E-state index in [1.807, 2.05) is 12.1 Å². The average Bonchev–Trinajstić information content (AvgIpc) is 2.48. The standard InChI is InChI=1S/C17H23FN2O/c1-3-16-12-21-13(2)10-20(16)11-15-7-6-14(5-4-8-19)9-17(15)18/h6-7,9,13,16H,3,8,10-12,19H2,1-2H3. The first kappa shape index (κ1) is 16.0. The summed E-state index contributed by atoms with van der Waals surface area (Å²) in [5, 5.41) is 0. The van der Waals surface area contributed by atoms with Gasteiger partial charge in [-0.05, 0) is 25.5 Å². The predicted molar refractivity (Wildman–Crippen MR) is 82.2 cm³/mol. The Morgan fingerprint density at radius 1 is 1.48 bits per heavy atom. The zero-order chi connectivity index (χ0) is 15.2. The fraction of sp³-hybridized carbons (Fsp3) is 0.529.